The van der Waals surface area contributed by atoms with Crippen LogP contribution in [0.4, 0.5) is 10.8 Å². The molecule has 1 heterocycles. The quantitative estimate of drug-likeness (QED) is 0.613. The van der Waals surface area contributed by atoms with Gasteiger partial charge in [-0.15, -0.1) is 10.2 Å². The molecule has 25 heavy (non-hydrogen) atoms. The standard InChI is InChI=1S/C19H18N4S2/c1-13-3-7-15(8-4-13)11-17(12-20)24-19-23-22-18(25-19)21-16-9-5-14(2)6-10-16/h3-10,17H,11H2,1-2H3,(H,21,22). The second-order valence-corrected chi connectivity index (χ2v) is 8.22. The second kappa shape index (κ2) is 8.15. The summed E-state index contributed by atoms with van der Waals surface area (Å²) in [6.07, 6.45) is 0.696. The van der Waals surface area contributed by atoms with E-state index in [1.165, 1.54) is 34.2 Å². The Morgan fingerprint density at radius 3 is 2.32 bits per heavy atom. The van der Waals surface area contributed by atoms with Crippen molar-refractivity contribution in [3.63, 3.8) is 0 Å². The molecule has 0 fully saturated rings. The number of rotatable bonds is 6. The van der Waals surface area contributed by atoms with E-state index in [9.17, 15) is 5.26 Å². The molecule has 0 aliphatic rings. The summed E-state index contributed by atoms with van der Waals surface area (Å²) in [4.78, 5) is 0. The topological polar surface area (TPSA) is 61.6 Å². The molecular formula is C19H18N4S2. The fourth-order valence-corrected chi connectivity index (χ4v) is 4.18. The second-order valence-electron chi connectivity index (χ2n) is 5.79. The van der Waals surface area contributed by atoms with Gasteiger partial charge < -0.3 is 5.32 Å². The molecule has 1 atom stereocenters. The van der Waals surface area contributed by atoms with E-state index >= 15 is 0 Å². The van der Waals surface area contributed by atoms with Crippen molar-refractivity contribution in [3.8, 4) is 6.07 Å². The van der Waals surface area contributed by atoms with E-state index in [1.807, 2.05) is 24.3 Å². The van der Waals surface area contributed by atoms with Crippen molar-refractivity contribution in [1.29, 1.82) is 5.26 Å². The molecule has 0 aliphatic heterocycles. The van der Waals surface area contributed by atoms with E-state index in [4.69, 9.17) is 0 Å². The first-order valence-electron chi connectivity index (χ1n) is 7.91. The summed E-state index contributed by atoms with van der Waals surface area (Å²) in [6, 6.07) is 18.8. The third-order valence-corrected chi connectivity index (χ3v) is 5.65. The fraction of sp³-hybridized carbons (Fsp3) is 0.211. The highest BCUT2D eigenvalue weighted by Gasteiger charge is 2.14. The molecule has 0 saturated heterocycles. The third-order valence-electron chi connectivity index (χ3n) is 3.64. The van der Waals surface area contributed by atoms with Crippen molar-refractivity contribution < 1.29 is 0 Å². The average molecular weight is 367 g/mol. The van der Waals surface area contributed by atoms with E-state index < -0.39 is 0 Å². The Morgan fingerprint density at radius 2 is 1.68 bits per heavy atom. The van der Waals surface area contributed by atoms with Gasteiger partial charge in [0.05, 0.1) is 6.07 Å². The first-order chi connectivity index (χ1) is 12.1. The molecule has 0 spiro atoms. The minimum absolute atomic E-state index is 0.178. The van der Waals surface area contributed by atoms with Crippen molar-refractivity contribution in [2.45, 2.75) is 29.9 Å². The number of thioether (sulfide) groups is 1. The van der Waals surface area contributed by atoms with Gasteiger partial charge in [-0.2, -0.15) is 5.26 Å². The van der Waals surface area contributed by atoms with Crippen molar-refractivity contribution >= 4 is 33.9 Å². The van der Waals surface area contributed by atoms with Crippen LogP contribution in [0.25, 0.3) is 0 Å². The number of nitrogens with zero attached hydrogens (tertiary/aromatic N) is 3. The van der Waals surface area contributed by atoms with Crippen LogP contribution in [0.2, 0.25) is 0 Å². The predicted octanol–water partition coefficient (Wildman–Crippen LogP) is 5.13. The van der Waals surface area contributed by atoms with Gasteiger partial charge in [0.25, 0.3) is 0 Å². The third kappa shape index (κ3) is 5.05. The van der Waals surface area contributed by atoms with Gasteiger partial charge >= 0.3 is 0 Å². The number of nitriles is 1. The molecule has 1 unspecified atom stereocenters. The molecule has 2 aromatic carbocycles. The number of hydrogen-bond donors (Lipinski definition) is 1. The Kier molecular flexibility index (Phi) is 5.69. The minimum atomic E-state index is -0.178. The minimum Gasteiger partial charge on any atom is -0.330 e. The molecule has 0 saturated carbocycles. The van der Waals surface area contributed by atoms with Crippen LogP contribution < -0.4 is 5.32 Å². The number of aryl methyl sites for hydroxylation is 2. The van der Waals surface area contributed by atoms with E-state index in [1.54, 1.807) is 0 Å². The molecule has 6 heteroatoms. The van der Waals surface area contributed by atoms with Gasteiger partial charge in [-0.05, 0) is 38.0 Å². The van der Waals surface area contributed by atoms with Crippen molar-refractivity contribution in [2.75, 3.05) is 5.32 Å². The van der Waals surface area contributed by atoms with Crippen molar-refractivity contribution in [3.05, 3.63) is 65.2 Å². The predicted molar refractivity (Wildman–Crippen MR) is 105 cm³/mol. The van der Waals surface area contributed by atoms with E-state index in [0.29, 0.717) is 6.42 Å². The monoisotopic (exact) mass is 366 g/mol. The maximum atomic E-state index is 9.44. The molecule has 0 radical (unpaired) electrons. The normalized spacial score (nSPS) is 11.7. The molecule has 0 aliphatic carbocycles. The van der Waals surface area contributed by atoms with Crippen LogP contribution in [0.1, 0.15) is 16.7 Å². The smallest absolute Gasteiger partial charge is 0.210 e. The highest BCUT2D eigenvalue weighted by atomic mass is 32.2. The van der Waals surface area contributed by atoms with Crippen LogP contribution in [-0.2, 0) is 6.42 Å². The molecule has 3 rings (SSSR count). The maximum absolute atomic E-state index is 9.44. The van der Waals surface area contributed by atoms with E-state index in [2.05, 4.69) is 59.7 Å². The maximum Gasteiger partial charge on any atom is 0.210 e. The van der Waals surface area contributed by atoms with Crippen molar-refractivity contribution in [1.82, 2.24) is 10.2 Å². The molecule has 0 amide bonds. The number of anilines is 2. The van der Waals surface area contributed by atoms with E-state index in [0.717, 1.165) is 20.7 Å². The fourth-order valence-electron chi connectivity index (χ4n) is 2.24. The van der Waals surface area contributed by atoms with Gasteiger partial charge in [-0.3, -0.25) is 0 Å². The summed E-state index contributed by atoms with van der Waals surface area (Å²) >= 11 is 2.93. The number of hydrogen-bond acceptors (Lipinski definition) is 6. The lowest BCUT2D eigenvalue weighted by molar-refractivity contribution is 0.990. The molecule has 3 aromatic rings. The van der Waals surface area contributed by atoms with Crippen LogP contribution in [0.15, 0.2) is 52.9 Å². The van der Waals surface area contributed by atoms with Crippen LogP contribution in [0, 0.1) is 25.2 Å². The first-order valence-corrected chi connectivity index (χ1v) is 9.61. The van der Waals surface area contributed by atoms with Crippen LogP contribution in [-0.4, -0.2) is 15.4 Å². The van der Waals surface area contributed by atoms with Gasteiger partial charge in [0.2, 0.25) is 5.13 Å². The Morgan fingerprint density at radius 1 is 1.04 bits per heavy atom. The summed E-state index contributed by atoms with van der Waals surface area (Å²) in [6.45, 7) is 4.11. The number of benzene rings is 2. The Labute approximate surface area is 155 Å². The SMILES string of the molecule is Cc1ccc(CC(C#N)Sc2nnc(Nc3ccc(C)cc3)s2)cc1. The Bertz CT molecular complexity index is 864. The van der Waals surface area contributed by atoms with Gasteiger partial charge in [0.15, 0.2) is 4.34 Å². The summed E-state index contributed by atoms with van der Waals surface area (Å²) < 4.78 is 0.799. The lowest BCUT2D eigenvalue weighted by Crippen LogP contribution is -2.03. The van der Waals surface area contributed by atoms with Gasteiger partial charge in [0.1, 0.15) is 5.25 Å². The lowest BCUT2D eigenvalue weighted by Gasteiger charge is -2.06. The Hall–Kier alpha value is -2.36. The molecule has 4 nitrogen and oxygen atoms in total. The van der Waals surface area contributed by atoms with Gasteiger partial charge in [0, 0.05) is 5.69 Å². The first kappa shape index (κ1) is 17.5. The zero-order valence-electron chi connectivity index (χ0n) is 14.1. The lowest BCUT2D eigenvalue weighted by atomic mass is 10.1. The molecule has 1 aromatic heterocycles. The van der Waals surface area contributed by atoms with Crippen molar-refractivity contribution in [2.24, 2.45) is 0 Å². The Balaban J connectivity index is 1.62. The highest BCUT2D eigenvalue weighted by Crippen LogP contribution is 2.31. The highest BCUT2D eigenvalue weighted by molar-refractivity contribution is 8.01. The van der Waals surface area contributed by atoms with Crippen LogP contribution >= 0.6 is 23.1 Å². The molecule has 0 bridgehead atoms. The summed E-state index contributed by atoms with van der Waals surface area (Å²) in [5.41, 5.74) is 4.58. The average Bonchev–Trinajstić information content (AvgIpc) is 3.05. The molecular weight excluding hydrogens is 348 g/mol. The number of aromatic nitrogens is 2. The van der Waals surface area contributed by atoms with Crippen LogP contribution in [0.3, 0.4) is 0 Å². The zero-order valence-corrected chi connectivity index (χ0v) is 15.7. The zero-order chi connectivity index (χ0) is 17.6. The largest absolute Gasteiger partial charge is 0.330 e. The molecule has 126 valence electrons. The molecule has 1 N–H and O–H groups in total. The van der Waals surface area contributed by atoms with Gasteiger partial charge in [-0.1, -0.05) is 70.6 Å². The summed E-state index contributed by atoms with van der Waals surface area (Å²) in [5, 5.41) is 21.6. The number of nitrogens with one attached hydrogen (secondary N) is 1. The van der Waals surface area contributed by atoms with E-state index in [-0.39, 0.29) is 5.25 Å². The van der Waals surface area contributed by atoms with Gasteiger partial charge in [-0.25, -0.2) is 0 Å². The van der Waals surface area contributed by atoms with Crippen LogP contribution in [0.5, 0.6) is 0 Å². The summed E-state index contributed by atoms with van der Waals surface area (Å²) in [5.74, 6) is 0. The summed E-state index contributed by atoms with van der Waals surface area (Å²) in [7, 11) is 0.